The van der Waals surface area contributed by atoms with Crippen molar-refractivity contribution >= 4 is 39.4 Å². The summed E-state index contributed by atoms with van der Waals surface area (Å²) in [7, 11) is 0. The van der Waals surface area contributed by atoms with E-state index in [1.54, 1.807) is 40.4 Å². The van der Waals surface area contributed by atoms with Gasteiger partial charge in [0, 0.05) is 23.3 Å². The molecule has 0 bridgehead atoms. The summed E-state index contributed by atoms with van der Waals surface area (Å²) < 4.78 is 30.3. The van der Waals surface area contributed by atoms with Gasteiger partial charge in [0.05, 0.1) is 11.1 Å². The van der Waals surface area contributed by atoms with Crippen molar-refractivity contribution in [2.75, 3.05) is 0 Å². The zero-order chi connectivity index (χ0) is 31.8. The number of benzene rings is 3. The van der Waals surface area contributed by atoms with Gasteiger partial charge in [0.25, 0.3) is 0 Å². The van der Waals surface area contributed by atoms with Crippen molar-refractivity contribution < 1.29 is 18.8 Å². The van der Waals surface area contributed by atoms with Crippen molar-refractivity contribution in [3.05, 3.63) is 124 Å². The molecule has 5 aromatic rings. The highest BCUT2D eigenvalue weighted by molar-refractivity contribution is 7.90. The van der Waals surface area contributed by atoms with Crippen LogP contribution in [0.2, 0.25) is 0 Å². The van der Waals surface area contributed by atoms with Gasteiger partial charge in [-0.05, 0) is 104 Å². The first-order valence-corrected chi connectivity index (χ1v) is 15.6. The molecule has 0 saturated heterocycles. The van der Waals surface area contributed by atoms with E-state index >= 15 is 0 Å². The molecule has 1 aliphatic rings. The molecule has 2 heterocycles. The lowest BCUT2D eigenvalue weighted by atomic mass is 9.88. The first-order valence-electron chi connectivity index (χ1n) is 14.5. The molecule has 0 fully saturated rings. The van der Waals surface area contributed by atoms with Gasteiger partial charge in [-0.1, -0.05) is 35.9 Å². The number of hydrogen-bond donors (Lipinski definition) is 1. The Balaban J connectivity index is 1.64. The quantitative estimate of drug-likeness (QED) is 0.185. The zero-order valence-electron chi connectivity index (χ0n) is 24.9. The Kier molecular flexibility index (Phi) is 8.11. The van der Waals surface area contributed by atoms with E-state index < -0.39 is 23.5 Å². The number of fused-ring (bicyclic) bond motifs is 1. The summed E-state index contributed by atoms with van der Waals surface area (Å²) in [5.74, 6) is -0.985. The normalized spacial score (nSPS) is 14.4. The molecule has 0 aliphatic heterocycles. The van der Waals surface area contributed by atoms with Gasteiger partial charge >= 0.3 is 5.97 Å². The van der Waals surface area contributed by atoms with Crippen molar-refractivity contribution in [1.29, 1.82) is 5.26 Å². The number of halogens is 1. The third-order valence-electron chi connectivity index (χ3n) is 8.03. The number of rotatable bonds is 7. The van der Waals surface area contributed by atoms with Gasteiger partial charge in [-0.2, -0.15) is 9.23 Å². The Morgan fingerprint density at radius 1 is 1.09 bits per heavy atom. The summed E-state index contributed by atoms with van der Waals surface area (Å²) in [5, 5.41) is 20.3. The lowest BCUT2D eigenvalue weighted by Gasteiger charge is -2.20. The van der Waals surface area contributed by atoms with Crippen LogP contribution in [0.5, 0.6) is 0 Å². The molecule has 0 amide bonds. The van der Waals surface area contributed by atoms with Gasteiger partial charge < -0.3 is 9.66 Å². The van der Waals surface area contributed by atoms with Gasteiger partial charge in [-0.25, -0.2) is 14.2 Å². The summed E-state index contributed by atoms with van der Waals surface area (Å²) in [5.41, 5.74) is 7.73. The molecule has 0 radical (unpaired) electrons. The average Bonchev–Trinajstić information content (AvgIpc) is 3.38. The smallest absolute Gasteiger partial charge is 0.335 e. The van der Waals surface area contributed by atoms with Crippen LogP contribution in [0.4, 0.5) is 4.39 Å². The minimum atomic E-state index is -1.76. The maximum atomic E-state index is 14.6. The Morgan fingerprint density at radius 3 is 2.53 bits per heavy atom. The second-order valence-electron chi connectivity index (χ2n) is 11.0. The van der Waals surface area contributed by atoms with E-state index in [9.17, 15) is 24.1 Å². The number of carboxylic acids is 1. The molecule has 0 saturated carbocycles. The van der Waals surface area contributed by atoms with E-state index in [1.807, 2.05) is 44.2 Å². The highest BCUT2D eigenvalue weighted by Gasteiger charge is 2.31. The molecule has 2 aromatic heterocycles. The number of carbonyl (C=O) groups is 1. The fraction of sp³-hybridized carbons (Fsp3) is 0.167. The van der Waals surface area contributed by atoms with E-state index in [0.29, 0.717) is 39.3 Å². The maximum Gasteiger partial charge on any atom is 0.335 e. The van der Waals surface area contributed by atoms with Crippen LogP contribution in [-0.4, -0.2) is 29.6 Å². The van der Waals surface area contributed by atoms with Crippen LogP contribution in [-0.2, 0) is 11.4 Å². The zero-order valence-corrected chi connectivity index (χ0v) is 25.7. The third kappa shape index (κ3) is 5.55. The number of aromatic carboxylic acids is 1. The van der Waals surface area contributed by atoms with E-state index in [0.717, 1.165) is 39.6 Å². The molecule has 7 nitrogen and oxygen atoms in total. The Labute approximate surface area is 263 Å². The van der Waals surface area contributed by atoms with Gasteiger partial charge in [-0.3, -0.25) is 4.98 Å². The number of nitriles is 1. The molecule has 224 valence electrons. The highest BCUT2D eigenvalue weighted by Crippen LogP contribution is 2.44. The number of alkyl halides is 1. The third-order valence-corrected chi connectivity index (χ3v) is 9.41. The number of aryl methyl sites for hydroxylation is 2. The SMILES string of the molecule is Cc1ccc2c(c1)c(-c1nccnc1C#N)c(C1=CCCC(c3ccc(C(=O)O)cc3C)=C1)n2[S+]([O-])c1ccc(C(C)F)cc1. The molecule has 3 aromatic carbocycles. The molecule has 1 N–H and O–H groups in total. The van der Waals surface area contributed by atoms with E-state index in [2.05, 4.69) is 22.1 Å². The highest BCUT2D eigenvalue weighted by atomic mass is 32.2. The van der Waals surface area contributed by atoms with Gasteiger partial charge in [0.15, 0.2) is 10.6 Å². The summed E-state index contributed by atoms with van der Waals surface area (Å²) >= 11 is -1.76. The van der Waals surface area contributed by atoms with Crippen molar-refractivity contribution in [2.45, 2.75) is 44.7 Å². The molecule has 0 spiro atoms. The molecule has 45 heavy (non-hydrogen) atoms. The second kappa shape index (κ2) is 12.2. The lowest BCUT2D eigenvalue weighted by molar-refractivity contribution is 0.0696. The Hall–Kier alpha value is -5.04. The van der Waals surface area contributed by atoms with Crippen molar-refractivity contribution in [2.24, 2.45) is 0 Å². The first kappa shape index (κ1) is 30.0. The number of carboxylic acid groups (broad SMARTS) is 1. The standard InChI is InChI=1S/C36H29FN4O3S/c1-21-7-14-32-30(17-21)33(34-31(20-38)39-15-16-40-34)35(41(32)45(44)28-11-8-24(9-12-28)23(3)37)26-6-4-5-25(19-26)29-13-10-27(36(42)43)18-22(29)2/h6-19,23H,4-5H2,1-3H3,(H,42,43). The number of allylic oxidation sites excluding steroid dienone is 4. The first-order chi connectivity index (χ1) is 21.7. The monoisotopic (exact) mass is 616 g/mol. The van der Waals surface area contributed by atoms with E-state index in [-0.39, 0.29) is 11.3 Å². The van der Waals surface area contributed by atoms with Gasteiger partial charge in [0.2, 0.25) is 0 Å². The molecular formula is C36H29FN4O3S. The molecule has 1 aliphatic carbocycles. The Bertz CT molecular complexity index is 2070. The summed E-state index contributed by atoms with van der Waals surface area (Å²) in [4.78, 5) is 21.0. The number of hydrogen-bond acceptors (Lipinski definition) is 5. The summed E-state index contributed by atoms with van der Waals surface area (Å²) in [6.07, 6.45) is 7.39. The fourth-order valence-corrected chi connectivity index (χ4v) is 7.12. The largest absolute Gasteiger partial charge is 0.587 e. The van der Waals surface area contributed by atoms with E-state index in [4.69, 9.17) is 0 Å². The maximum absolute atomic E-state index is 14.6. The minimum Gasteiger partial charge on any atom is -0.587 e. The summed E-state index contributed by atoms with van der Waals surface area (Å²) in [6, 6.07) is 19.8. The molecule has 2 atom stereocenters. The topological polar surface area (TPSA) is 115 Å². The number of nitrogens with zero attached hydrogens (tertiary/aromatic N) is 4. The minimum absolute atomic E-state index is 0.145. The number of aromatic nitrogens is 3. The predicted molar refractivity (Wildman–Crippen MR) is 174 cm³/mol. The predicted octanol–water partition coefficient (Wildman–Crippen LogP) is 8.15. The lowest BCUT2D eigenvalue weighted by Crippen LogP contribution is -2.16. The van der Waals surface area contributed by atoms with Crippen LogP contribution in [0, 0.1) is 25.2 Å². The van der Waals surface area contributed by atoms with Crippen LogP contribution in [0.15, 0.2) is 90.1 Å². The van der Waals surface area contributed by atoms with Crippen molar-refractivity contribution in [1.82, 2.24) is 13.9 Å². The van der Waals surface area contributed by atoms with Crippen LogP contribution >= 0.6 is 0 Å². The molecular weight excluding hydrogens is 587 g/mol. The van der Waals surface area contributed by atoms with Crippen LogP contribution in [0.25, 0.3) is 33.3 Å². The van der Waals surface area contributed by atoms with Crippen LogP contribution in [0.3, 0.4) is 0 Å². The fourth-order valence-electron chi connectivity index (χ4n) is 5.84. The van der Waals surface area contributed by atoms with Gasteiger partial charge in [0.1, 0.15) is 35.0 Å². The molecule has 6 rings (SSSR count). The molecule has 9 heteroatoms. The van der Waals surface area contributed by atoms with Crippen molar-refractivity contribution in [3.8, 4) is 17.3 Å². The van der Waals surface area contributed by atoms with Crippen molar-refractivity contribution in [3.63, 3.8) is 0 Å². The second-order valence-corrected chi connectivity index (χ2v) is 12.4. The van der Waals surface area contributed by atoms with E-state index in [1.165, 1.54) is 19.3 Å². The van der Waals surface area contributed by atoms with Gasteiger partial charge in [-0.15, -0.1) is 0 Å². The van der Waals surface area contributed by atoms with Crippen LogP contribution < -0.4 is 0 Å². The summed E-state index contributed by atoms with van der Waals surface area (Å²) in [6.45, 7) is 5.32. The average molecular weight is 617 g/mol. The molecule has 2 unspecified atom stereocenters. The van der Waals surface area contributed by atoms with Crippen LogP contribution in [0.1, 0.15) is 69.9 Å². The Morgan fingerprint density at radius 2 is 1.84 bits per heavy atom.